The number of nitrogens with one attached hydrogen (secondary N) is 1. The smallest absolute Gasteiger partial charge is 0.242 e. The van der Waals surface area contributed by atoms with E-state index in [1.165, 1.54) is 20.2 Å². The van der Waals surface area contributed by atoms with Crippen molar-refractivity contribution in [2.45, 2.75) is 18.4 Å². The number of aryl methyl sites for hydroxylation is 1. The van der Waals surface area contributed by atoms with Crippen LogP contribution in [0.25, 0.3) is 0 Å². The SMILES string of the molecule is Cc1ccc(NC(=O)CN(C)Cc2ccc(Cl)cc2)cc1S(=O)(=O)N(C)C. The maximum Gasteiger partial charge on any atom is 0.242 e. The van der Waals surface area contributed by atoms with Gasteiger partial charge in [-0.1, -0.05) is 29.8 Å². The highest BCUT2D eigenvalue weighted by Gasteiger charge is 2.20. The molecule has 6 nitrogen and oxygen atoms in total. The molecule has 0 saturated carbocycles. The summed E-state index contributed by atoms with van der Waals surface area (Å²) >= 11 is 5.87. The van der Waals surface area contributed by atoms with Gasteiger partial charge in [0, 0.05) is 31.4 Å². The number of rotatable bonds is 7. The van der Waals surface area contributed by atoms with E-state index in [-0.39, 0.29) is 17.3 Å². The van der Waals surface area contributed by atoms with Gasteiger partial charge in [-0.25, -0.2) is 12.7 Å². The van der Waals surface area contributed by atoms with E-state index in [1.807, 2.05) is 36.2 Å². The molecule has 0 aliphatic carbocycles. The Kier molecular flexibility index (Phi) is 7.00. The van der Waals surface area contributed by atoms with E-state index >= 15 is 0 Å². The molecule has 2 rings (SSSR count). The van der Waals surface area contributed by atoms with Crippen LogP contribution in [0.1, 0.15) is 11.1 Å². The molecule has 0 heterocycles. The minimum Gasteiger partial charge on any atom is -0.325 e. The van der Waals surface area contributed by atoms with Gasteiger partial charge in [0.1, 0.15) is 0 Å². The summed E-state index contributed by atoms with van der Waals surface area (Å²) in [6.07, 6.45) is 0. The van der Waals surface area contributed by atoms with Crippen LogP contribution in [0, 0.1) is 6.92 Å². The van der Waals surface area contributed by atoms with Crippen molar-refractivity contribution in [1.82, 2.24) is 9.21 Å². The summed E-state index contributed by atoms with van der Waals surface area (Å²) in [5.41, 5.74) is 2.12. The molecular formula is C19H24ClN3O3S. The second-order valence-corrected chi connectivity index (χ2v) is 9.17. The van der Waals surface area contributed by atoms with Gasteiger partial charge in [0.15, 0.2) is 0 Å². The predicted octanol–water partition coefficient (Wildman–Crippen LogP) is 2.97. The molecule has 0 atom stereocenters. The number of carbonyl (C=O) groups is 1. The van der Waals surface area contributed by atoms with Crippen LogP contribution in [0.15, 0.2) is 47.4 Å². The topological polar surface area (TPSA) is 69.7 Å². The third-order valence-corrected chi connectivity index (χ3v) is 6.22. The van der Waals surface area contributed by atoms with Gasteiger partial charge in [0.2, 0.25) is 15.9 Å². The highest BCUT2D eigenvalue weighted by molar-refractivity contribution is 7.89. The third kappa shape index (κ3) is 5.77. The van der Waals surface area contributed by atoms with Crippen molar-refractivity contribution in [3.8, 4) is 0 Å². The second kappa shape index (κ2) is 8.84. The maximum absolute atomic E-state index is 12.4. The van der Waals surface area contributed by atoms with Crippen molar-refractivity contribution in [2.24, 2.45) is 0 Å². The fraction of sp³-hybridized carbons (Fsp3) is 0.316. The number of hydrogen-bond donors (Lipinski definition) is 1. The Morgan fingerprint density at radius 2 is 1.70 bits per heavy atom. The van der Waals surface area contributed by atoms with E-state index in [1.54, 1.807) is 19.1 Å². The second-order valence-electron chi connectivity index (χ2n) is 6.61. The van der Waals surface area contributed by atoms with E-state index < -0.39 is 10.0 Å². The number of anilines is 1. The Morgan fingerprint density at radius 1 is 1.07 bits per heavy atom. The fourth-order valence-corrected chi connectivity index (χ4v) is 3.83. The molecule has 0 unspecified atom stereocenters. The van der Waals surface area contributed by atoms with Gasteiger partial charge in [-0.2, -0.15) is 0 Å². The van der Waals surface area contributed by atoms with Crippen LogP contribution in [0.3, 0.4) is 0 Å². The minimum absolute atomic E-state index is 0.173. The van der Waals surface area contributed by atoms with Gasteiger partial charge >= 0.3 is 0 Å². The number of sulfonamides is 1. The fourth-order valence-electron chi connectivity index (χ4n) is 2.56. The molecule has 1 amide bonds. The van der Waals surface area contributed by atoms with Gasteiger partial charge < -0.3 is 5.32 Å². The predicted molar refractivity (Wildman–Crippen MR) is 108 cm³/mol. The number of halogens is 1. The molecule has 8 heteroatoms. The molecular weight excluding hydrogens is 386 g/mol. The lowest BCUT2D eigenvalue weighted by atomic mass is 10.2. The summed E-state index contributed by atoms with van der Waals surface area (Å²) in [7, 11) is 1.22. The molecule has 27 heavy (non-hydrogen) atoms. The Hall–Kier alpha value is -1.93. The molecule has 2 aromatic rings. The summed E-state index contributed by atoms with van der Waals surface area (Å²) < 4.78 is 25.9. The molecule has 2 aromatic carbocycles. The average Bonchev–Trinajstić information content (AvgIpc) is 2.58. The monoisotopic (exact) mass is 409 g/mol. The first-order chi connectivity index (χ1) is 12.6. The molecule has 0 bridgehead atoms. The number of likely N-dealkylation sites (N-methyl/N-ethyl adjacent to an activating group) is 1. The highest BCUT2D eigenvalue weighted by atomic mass is 35.5. The van der Waals surface area contributed by atoms with Crippen LogP contribution in [-0.4, -0.2) is 51.2 Å². The molecule has 0 saturated heterocycles. The summed E-state index contributed by atoms with van der Waals surface area (Å²) in [4.78, 5) is 14.4. The first kappa shape index (κ1) is 21.4. The zero-order valence-corrected chi connectivity index (χ0v) is 17.4. The van der Waals surface area contributed by atoms with Crippen molar-refractivity contribution in [3.05, 3.63) is 58.6 Å². The lowest BCUT2D eigenvalue weighted by Gasteiger charge is -2.18. The van der Waals surface area contributed by atoms with Gasteiger partial charge in [0.05, 0.1) is 11.4 Å². The quantitative estimate of drug-likeness (QED) is 0.763. The van der Waals surface area contributed by atoms with E-state index in [0.29, 0.717) is 22.8 Å². The lowest BCUT2D eigenvalue weighted by molar-refractivity contribution is -0.117. The maximum atomic E-state index is 12.4. The Balaban J connectivity index is 2.04. The molecule has 0 aliphatic heterocycles. The molecule has 146 valence electrons. The van der Waals surface area contributed by atoms with Crippen LogP contribution in [0.2, 0.25) is 5.02 Å². The first-order valence-electron chi connectivity index (χ1n) is 8.35. The molecule has 0 fully saturated rings. The van der Waals surface area contributed by atoms with E-state index in [0.717, 1.165) is 9.87 Å². The zero-order valence-electron chi connectivity index (χ0n) is 15.9. The summed E-state index contributed by atoms with van der Waals surface area (Å²) in [5, 5.41) is 3.43. The number of carbonyl (C=O) groups excluding carboxylic acids is 1. The molecule has 0 aliphatic rings. The largest absolute Gasteiger partial charge is 0.325 e. The number of amides is 1. The van der Waals surface area contributed by atoms with Gasteiger partial charge in [0.25, 0.3) is 0 Å². The standard InChI is InChI=1S/C19H24ClN3O3S/c1-14-5-10-17(11-18(14)27(25,26)22(2)3)21-19(24)13-23(4)12-15-6-8-16(20)9-7-15/h5-11H,12-13H2,1-4H3,(H,21,24). The van der Waals surface area contributed by atoms with Gasteiger partial charge in [-0.3, -0.25) is 9.69 Å². The van der Waals surface area contributed by atoms with Gasteiger partial charge in [-0.05, 0) is 49.4 Å². The zero-order chi connectivity index (χ0) is 20.2. The highest BCUT2D eigenvalue weighted by Crippen LogP contribution is 2.22. The van der Waals surface area contributed by atoms with Crippen LogP contribution < -0.4 is 5.32 Å². The van der Waals surface area contributed by atoms with Crippen molar-refractivity contribution in [3.63, 3.8) is 0 Å². The van der Waals surface area contributed by atoms with Crippen LogP contribution in [0.4, 0.5) is 5.69 Å². The lowest BCUT2D eigenvalue weighted by Crippen LogP contribution is -2.30. The van der Waals surface area contributed by atoms with E-state index in [4.69, 9.17) is 11.6 Å². The van der Waals surface area contributed by atoms with Crippen molar-refractivity contribution in [1.29, 1.82) is 0 Å². The van der Waals surface area contributed by atoms with Crippen molar-refractivity contribution >= 4 is 33.2 Å². The Bertz CT molecular complexity index is 912. The van der Waals surface area contributed by atoms with Crippen molar-refractivity contribution in [2.75, 3.05) is 33.0 Å². The summed E-state index contributed by atoms with van der Waals surface area (Å²) in [6, 6.07) is 12.3. The number of benzene rings is 2. The molecule has 0 radical (unpaired) electrons. The molecule has 0 spiro atoms. The van der Waals surface area contributed by atoms with Crippen LogP contribution in [-0.2, 0) is 21.4 Å². The van der Waals surface area contributed by atoms with E-state index in [2.05, 4.69) is 5.32 Å². The first-order valence-corrected chi connectivity index (χ1v) is 10.2. The number of hydrogen-bond acceptors (Lipinski definition) is 4. The Labute approximate surface area is 165 Å². The summed E-state index contributed by atoms with van der Waals surface area (Å²) in [5.74, 6) is -0.219. The van der Waals surface area contributed by atoms with E-state index in [9.17, 15) is 13.2 Å². The molecule has 0 aromatic heterocycles. The van der Waals surface area contributed by atoms with Crippen LogP contribution in [0.5, 0.6) is 0 Å². The average molecular weight is 410 g/mol. The Morgan fingerprint density at radius 3 is 2.30 bits per heavy atom. The van der Waals surface area contributed by atoms with Crippen LogP contribution >= 0.6 is 11.6 Å². The third-order valence-electron chi connectivity index (χ3n) is 4.01. The minimum atomic E-state index is -3.57. The molecule has 1 N–H and O–H groups in total. The van der Waals surface area contributed by atoms with Crippen molar-refractivity contribution < 1.29 is 13.2 Å². The normalized spacial score (nSPS) is 11.8. The van der Waals surface area contributed by atoms with Gasteiger partial charge in [-0.15, -0.1) is 0 Å². The summed E-state index contributed by atoms with van der Waals surface area (Å²) in [6.45, 7) is 2.49. The number of nitrogens with zero attached hydrogens (tertiary/aromatic N) is 2.